The molecule has 4 heteroatoms. The molecular formula is C15H18N2O2. The minimum Gasteiger partial charge on any atom is -0.508 e. The van der Waals surface area contributed by atoms with Crippen LogP contribution in [0.25, 0.3) is 0 Å². The van der Waals surface area contributed by atoms with Crippen molar-refractivity contribution in [2.75, 3.05) is 11.4 Å². The molecule has 0 unspecified atom stereocenters. The summed E-state index contributed by atoms with van der Waals surface area (Å²) in [4.78, 5) is 14.2. The van der Waals surface area contributed by atoms with Gasteiger partial charge in [0.15, 0.2) is 0 Å². The molecule has 1 N–H and O–H groups in total. The van der Waals surface area contributed by atoms with Crippen LogP contribution < -0.4 is 4.90 Å². The number of carbonyl (C=O) groups is 1. The number of nitrogens with zero attached hydrogens (tertiary/aromatic N) is 2. The summed E-state index contributed by atoms with van der Waals surface area (Å²) in [6.07, 6.45) is 1.89. The minimum absolute atomic E-state index is 0.0556. The smallest absolute Gasteiger partial charge is 0.274 e. The summed E-state index contributed by atoms with van der Waals surface area (Å²) < 4.78 is 1.91. The molecule has 0 fully saturated rings. The van der Waals surface area contributed by atoms with Crippen molar-refractivity contribution in [2.45, 2.75) is 20.4 Å². The molecule has 0 bridgehead atoms. The summed E-state index contributed by atoms with van der Waals surface area (Å²) in [6, 6.07) is 10.4. The third-order valence-electron chi connectivity index (χ3n) is 3.09. The van der Waals surface area contributed by atoms with Crippen LogP contribution in [0.3, 0.4) is 0 Å². The lowest BCUT2D eigenvalue weighted by molar-refractivity contribution is 0.0979. The fourth-order valence-corrected chi connectivity index (χ4v) is 2.13. The van der Waals surface area contributed by atoms with Crippen molar-refractivity contribution in [1.82, 2.24) is 4.57 Å². The van der Waals surface area contributed by atoms with Gasteiger partial charge in [0.1, 0.15) is 11.4 Å². The Morgan fingerprint density at radius 1 is 1.26 bits per heavy atom. The summed E-state index contributed by atoms with van der Waals surface area (Å²) in [7, 11) is 0. The van der Waals surface area contributed by atoms with Gasteiger partial charge >= 0.3 is 0 Å². The van der Waals surface area contributed by atoms with E-state index in [-0.39, 0.29) is 11.7 Å². The van der Waals surface area contributed by atoms with Gasteiger partial charge in [-0.1, -0.05) is 6.07 Å². The second-order valence-corrected chi connectivity index (χ2v) is 4.25. The maximum absolute atomic E-state index is 12.6. The van der Waals surface area contributed by atoms with Gasteiger partial charge in [-0.25, -0.2) is 0 Å². The molecule has 2 aromatic rings. The third-order valence-corrected chi connectivity index (χ3v) is 3.09. The number of rotatable bonds is 4. The summed E-state index contributed by atoms with van der Waals surface area (Å²) in [6.45, 7) is 5.23. The Hall–Kier alpha value is -2.23. The Morgan fingerprint density at radius 2 is 2.05 bits per heavy atom. The number of phenolic OH excluding ortho intramolecular Hbond substituents is 1. The van der Waals surface area contributed by atoms with E-state index in [2.05, 4.69) is 0 Å². The first kappa shape index (κ1) is 13.2. The van der Waals surface area contributed by atoms with Gasteiger partial charge in [0.2, 0.25) is 0 Å². The predicted molar refractivity (Wildman–Crippen MR) is 75.6 cm³/mol. The van der Waals surface area contributed by atoms with E-state index in [4.69, 9.17) is 0 Å². The summed E-state index contributed by atoms with van der Waals surface area (Å²) in [5, 5.41) is 9.53. The zero-order chi connectivity index (χ0) is 13.8. The lowest BCUT2D eigenvalue weighted by Gasteiger charge is -2.21. The summed E-state index contributed by atoms with van der Waals surface area (Å²) in [5.41, 5.74) is 1.36. The number of phenols is 1. The average molecular weight is 258 g/mol. The van der Waals surface area contributed by atoms with Crippen LogP contribution in [0.5, 0.6) is 5.75 Å². The van der Waals surface area contributed by atoms with E-state index in [1.165, 1.54) is 0 Å². The first-order chi connectivity index (χ1) is 9.17. The van der Waals surface area contributed by atoms with Gasteiger partial charge in [-0.15, -0.1) is 0 Å². The highest BCUT2D eigenvalue weighted by atomic mass is 16.3. The number of aryl methyl sites for hydroxylation is 1. The third kappa shape index (κ3) is 2.62. The number of anilines is 1. The van der Waals surface area contributed by atoms with Crippen molar-refractivity contribution in [3.05, 3.63) is 48.3 Å². The predicted octanol–water partition coefficient (Wildman–Crippen LogP) is 2.88. The fraction of sp³-hybridized carbons (Fsp3) is 0.267. The first-order valence-corrected chi connectivity index (χ1v) is 6.43. The topological polar surface area (TPSA) is 45.5 Å². The van der Waals surface area contributed by atoms with Gasteiger partial charge in [-0.2, -0.15) is 0 Å². The SMILES string of the molecule is CCN(C(=O)c1cccn1CC)c1cccc(O)c1. The number of hydrogen-bond donors (Lipinski definition) is 1. The van der Waals surface area contributed by atoms with Gasteiger partial charge in [-0.05, 0) is 38.1 Å². The number of amides is 1. The van der Waals surface area contributed by atoms with Crippen LogP contribution in [-0.4, -0.2) is 22.1 Å². The van der Waals surface area contributed by atoms with Crippen LogP contribution in [0, 0.1) is 0 Å². The Kier molecular flexibility index (Phi) is 3.90. The molecule has 0 spiro atoms. The van der Waals surface area contributed by atoms with E-state index in [1.54, 1.807) is 23.1 Å². The highest BCUT2D eigenvalue weighted by Gasteiger charge is 2.18. The maximum atomic E-state index is 12.6. The molecule has 2 rings (SSSR count). The van der Waals surface area contributed by atoms with Crippen molar-refractivity contribution >= 4 is 11.6 Å². The molecule has 0 aliphatic heterocycles. The Morgan fingerprint density at radius 3 is 2.68 bits per heavy atom. The fourth-order valence-electron chi connectivity index (χ4n) is 2.13. The zero-order valence-electron chi connectivity index (χ0n) is 11.2. The molecule has 4 nitrogen and oxygen atoms in total. The van der Waals surface area contributed by atoms with Gasteiger partial charge in [-0.3, -0.25) is 4.79 Å². The largest absolute Gasteiger partial charge is 0.508 e. The second kappa shape index (κ2) is 5.61. The molecule has 0 aliphatic carbocycles. The molecule has 1 aromatic carbocycles. The molecule has 0 saturated heterocycles. The maximum Gasteiger partial charge on any atom is 0.274 e. The highest BCUT2D eigenvalue weighted by molar-refractivity contribution is 6.05. The number of aromatic nitrogens is 1. The van der Waals surface area contributed by atoms with Crippen molar-refractivity contribution < 1.29 is 9.90 Å². The molecule has 0 aliphatic rings. The zero-order valence-corrected chi connectivity index (χ0v) is 11.2. The molecular weight excluding hydrogens is 240 g/mol. The van der Waals surface area contributed by atoms with Crippen LogP contribution in [0.15, 0.2) is 42.6 Å². The van der Waals surface area contributed by atoms with Crippen molar-refractivity contribution in [3.63, 3.8) is 0 Å². The second-order valence-electron chi connectivity index (χ2n) is 4.25. The van der Waals surface area contributed by atoms with Crippen LogP contribution in [0.4, 0.5) is 5.69 Å². The lowest BCUT2D eigenvalue weighted by Crippen LogP contribution is -2.32. The van der Waals surface area contributed by atoms with Crippen LogP contribution in [0.1, 0.15) is 24.3 Å². The van der Waals surface area contributed by atoms with Crippen LogP contribution >= 0.6 is 0 Å². The normalized spacial score (nSPS) is 10.4. The molecule has 1 heterocycles. The molecule has 0 atom stereocenters. The van der Waals surface area contributed by atoms with Crippen molar-refractivity contribution in [2.24, 2.45) is 0 Å². The molecule has 0 radical (unpaired) electrons. The number of benzene rings is 1. The number of aromatic hydroxyl groups is 1. The monoisotopic (exact) mass is 258 g/mol. The quantitative estimate of drug-likeness (QED) is 0.916. The Labute approximate surface area is 112 Å². The van der Waals surface area contributed by atoms with E-state index < -0.39 is 0 Å². The lowest BCUT2D eigenvalue weighted by atomic mass is 10.2. The first-order valence-electron chi connectivity index (χ1n) is 6.43. The van der Waals surface area contributed by atoms with E-state index in [0.29, 0.717) is 17.9 Å². The van der Waals surface area contributed by atoms with E-state index in [1.807, 2.05) is 42.8 Å². The molecule has 19 heavy (non-hydrogen) atoms. The number of hydrogen-bond acceptors (Lipinski definition) is 2. The summed E-state index contributed by atoms with van der Waals surface area (Å²) >= 11 is 0. The van der Waals surface area contributed by atoms with Gasteiger partial charge in [0.25, 0.3) is 5.91 Å². The summed E-state index contributed by atoms with van der Waals surface area (Å²) in [5.74, 6) is 0.106. The Bertz CT molecular complexity index is 575. The van der Waals surface area contributed by atoms with E-state index >= 15 is 0 Å². The molecule has 100 valence electrons. The average Bonchev–Trinajstić information content (AvgIpc) is 2.87. The van der Waals surface area contributed by atoms with E-state index in [9.17, 15) is 9.90 Å². The van der Waals surface area contributed by atoms with Crippen LogP contribution in [-0.2, 0) is 6.54 Å². The molecule has 1 aromatic heterocycles. The number of carbonyl (C=O) groups excluding carboxylic acids is 1. The standard InChI is InChI=1S/C15H18N2O2/c1-3-16-10-6-9-14(16)15(19)17(4-2)12-7-5-8-13(18)11-12/h5-11,18H,3-4H2,1-2H3. The van der Waals surface area contributed by atoms with Gasteiger partial charge in [0, 0.05) is 31.0 Å². The Balaban J connectivity index is 2.35. The van der Waals surface area contributed by atoms with Crippen LogP contribution in [0.2, 0.25) is 0 Å². The highest BCUT2D eigenvalue weighted by Crippen LogP contribution is 2.22. The van der Waals surface area contributed by atoms with Crippen molar-refractivity contribution in [1.29, 1.82) is 0 Å². The molecule has 1 amide bonds. The van der Waals surface area contributed by atoms with Crippen molar-refractivity contribution in [3.8, 4) is 5.75 Å². The minimum atomic E-state index is -0.0556. The van der Waals surface area contributed by atoms with Gasteiger partial charge in [0.05, 0.1) is 0 Å². The van der Waals surface area contributed by atoms with E-state index in [0.717, 1.165) is 6.54 Å². The van der Waals surface area contributed by atoms with Gasteiger partial charge < -0.3 is 14.6 Å². The molecule has 0 saturated carbocycles.